The molecule has 3 N–H and O–H groups in total. The van der Waals surface area contributed by atoms with Crippen molar-refractivity contribution in [2.24, 2.45) is 5.73 Å². The van der Waals surface area contributed by atoms with Gasteiger partial charge in [-0.15, -0.1) is 0 Å². The fraction of sp³-hybridized carbons (Fsp3) is 0.214. The zero-order chi connectivity index (χ0) is 15.6. The van der Waals surface area contributed by atoms with E-state index in [1.165, 1.54) is 0 Å². The molecule has 110 valence electrons. The maximum Gasteiger partial charge on any atom is 0.273 e. The second kappa shape index (κ2) is 6.36. The Balaban J connectivity index is 2.33. The third-order valence-corrected chi connectivity index (χ3v) is 3.64. The van der Waals surface area contributed by atoms with Gasteiger partial charge >= 0.3 is 0 Å². The minimum Gasteiger partial charge on any atom is -0.389 e. The molecule has 0 aliphatic heterocycles. The van der Waals surface area contributed by atoms with Crippen LogP contribution in [0.3, 0.4) is 0 Å². The lowest BCUT2D eigenvalue weighted by Gasteiger charge is -2.11. The number of nitrogens with zero attached hydrogens (tertiary/aromatic N) is 2. The van der Waals surface area contributed by atoms with Gasteiger partial charge in [0, 0.05) is 16.6 Å². The minimum atomic E-state index is -0.239. The molecule has 2 aromatic rings. The molecule has 1 aromatic heterocycles. The zero-order valence-electron chi connectivity index (χ0n) is 11.7. The van der Waals surface area contributed by atoms with Gasteiger partial charge < -0.3 is 11.1 Å². The molecule has 0 radical (unpaired) electrons. The molecule has 0 saturated heterocycles. The number of thiocarbonyl (C=S) groups is 1. The van der Waals surface area contributed by atoms with Crippen LogP contribution in [-0.2, 0) is 6.54 Å². The Labute approximate surface area is 136 Å². The predicted molar refractivity (Wildman–Crippen MR) is 90.6 cm³/mol. The van der Waals surface area contributed by atoms with Crippen LogP contribution >= 0.6 is 28.1 Å². The van der Waals surface area contributed by atoms with Crippen molar-refractivity contribution >= 4 is 44.7 Å². The lowest BCUT2D eigenvalue weighted by Crippen LogP contribution is -2.20. The number of carbonyl (C=O) groups is 1. The van der Waals surface area contributed by atoms with E-state index < -0.39 is 0 Å². The smallest absolute Gasteiger partial charge is 0.273 e. The first kappa shape index (κ1) is 15.7. The van der Waals surface area contributed by atoms with Crippen LogP contribution in [0.2, 0.25) is 0 Å². The molecule has 0 unspecified atom stereocenters. The lowest BCUT2D eigenvalue weighted by molar-refractivity contribution is 0.101. The number of benzene rings is 1. The minimum absolute atomic E-state index is 0.228. The predicted octanol–water partition coefficient (Wildman–Crippen LogP) is 2.86. The summed E-state index contributed by atoms with van der Waals surface area (Å²) in [7, 11) is 0. The number of amides is 1. The van der Waals surface area contributed by atoms with Crippen LogP contribution in [0.15, 0.2) is 28.7 Å². The number of nitrogens with two attached hydrogens (primary N) is 1. The van der Waals surface area contributed by atoms with Crippen LogP contribution in [-0.4, -0.2) is 20.7 Å². The van der Waals surface area contributed by atoms with Crippen molar-refractivity contribution in [1.82, 2.24) is 9.78 Å². The van der Waals surface area contributed by atoms with Crippen LogP contribution < -0.4 is 11.1 Å². The molecule has 0 spiro atoms. The molecule has 1 amide bonds. The van der Waals surface area contributed by atoms with Gasteiger partial charge in [0.2, 0.25) is 0 Å². The zero-order valence-corrected chi connectivity index (χ0v) is 14.1. The largest absolute Gasteiger partial charge is 0.389 e. The summed E-state index contributed by atoms with van der Waals surface area (Å²) >= 11 is 8.38. The van der Waals surface area contributed by atoms with E-state index in [1.54, 1.807) is 22.9 Å². The Kier molecular flexibility index (Phi) is 4.74. The number of carbonyl (C=O) groups excluding carboxylic acids is 1. The molecule has 1 aromatic carbocycles. The number of halogens is 1. The number of nitrogens with one attached hydrogen (secondary N) is 1. The summed E-state index contributed by atoms with van der Waals surface area (Å²) in [6.07, 6.45) is 0. The van der Waals surface area contributed by atoms with Crippen LogP contribution in [0.4, 0.5) is 5.69 Å². The molecule has 0 atom stereocenters. The molecule has 5 nitrogen and oxygen atoms in total. The van der Waals surface area contributed by atoms with Gasteiger partial charge in [0.25, 0.3) is 5.91 Å². The van der Waals surface area contributed by atoms with Crippen molar-refractivity contribution in [3.8, 4) is 0 Å². The van der Waals surface area contributed by atoms with E-state index in [0.717, 1.165) is 10.2 Å². The van der Waals surface area contributed by atoms with Gasteiger partial charge in [-0.25, -0.2) is 0 Å². The Morgan fingerprint density at radius 2 is 2.19 bits per heavy atom. The van der Waals surface area contributed by atoms with Gasteiger partial charge in [-0.1, -0.05) is 28.1 Å². The van der Waals surface area contributed by atoms with E-state index in [1.807, 2.05) is 19.9 Å². The molecule has 1 heterocycles. The van der Waals surface area contributed by atoms with Crippen LogP contribution in [0.5, 0.6) is 0 Å². The van der Waals surface area contributed by atoms with E-state index in [-0.39, 0.29) is 10.9 Å². The van der Waals surface area contributed by atoms with E-state index >= 15 is 0 Å². The summed E-state index contributed by atoms with van der Waals surface area (Å²) < 4.78 is 2.50. The summed E-state index contributed by atoms with van der Waals surface area (Å²) in [4.78, 5) is 12.6. The van der Waals surface area contributed by atoms with Crippen molar-refractivity contribution in [3.63, 3.8) is 0 Å². The van der Waals surface area contributed by atoms with Crippen molar-refractivity contribution in [3.05, 3.63) is 45.7 Å². The van der Waals surface area contributed by atoms with Crippen molar-refractivity contribution in [2.45, 2.75) is 20.4 Å². The SMILES string of the molecule is CCn1nc(C)cc1C(=O)Nc1ccc(Br)cc1C(N)=S. The van der Waals surface area contributed by atoms with E-state index in [9.17, 15) is 4.79 Å². The van der Waals surface area contributed by atoms with Gasteiger partial charge in [0.15, 0.2) is 0 Å². The van der Waals surface area contributed by atoms with Crippen LogP contribution in [0.25, 0.3) is 0 Å². The molecule has 0 aliphatic carbocycles. The standard InChI is InChI=1S/C14H15BrN4OS/c1-3-19-12(6-8(2)18-19)14(20)17-11-5-4-9(15)7-10(11)13(16)21/h4-7H,3H2,1-2H3,(H2,16,21)(H,17,20). The quantitative estimate of drug-likeness (QED) is 0.816. The van der Waals surface area contributed by atoms with Crippen molar-refractivity contribution in [2.75, 3.05) is 5.32 Å². The summed E-state index contributed by atoms with van der Waals surface area (Å²) in [5.74, 6) is -0.239. The van der Waals surface area contributed by atoms with Gasteiger partial charge in [0.05, 0.1) is 11.4 Å². The van der Waals surface area contributed by atoms with E-state index in [2.05, 4.69) is 26.3 Å². The molecule has 0 saturated carbocycles. The number of hydrogen-bond donors (Lipinski definition) is 2. The molecular formula is C14H15BrN4OS. The second-order valence-corrected chi connectivity index (χ2v) is 5.85. The molecule has 0 fully saturated rings. The summed E-state index contributed by atoms with van der Waals surface area (Å²) in [5, 5.41) is 7.10. The first-order chi connectivity index (χ1) is 9.92. The Morgan fingerprint density at radius 3 is 2.81 bits per heavy atom. The van der Waals surface area contributed by atoms with Gasteiger partial charge in [-0.2, -0.15) is 5.10 Å². The average molecular weight is 367 g/mol. The fourth-order valence-electron chi connectivity index (χ4n) is 1.99. The molecule has 0 aliphatic rings. The van der Waals surface area contributed by atoms with Gasteiger partial charge in [0.1, 0.15) is 10.7 Å². The number of rotatable bonds is 4. The third kappa shape index (κ3) is 3.48. The molecule has 21 heavy (non-hydrogen) atoms. The van der Waals surface area contributed by atoms with E-state index in [0.29, 0.717) is 23.5 Å². The highest BCUT2D eigenvalue weighted by Gasteiger charge is 2.15. The Morgan fingerprint density at radius 1 is 1.48 bits per heavy atom. The highest BCUT2D eigenvalue weighted by molar-refractivity contribution is 9.10. The highest BCUT2D eigenvalue weighted by Crippen LogP contribution is 2.22. The average Bonchev–Trinajstić information content (AvgIpc) is 2.81. The first-order valence-electron chi connectivity index (χ1n) is 6.37. The second-order valence-electron chi connectivity index (χ2n) is 4.50. The summed E-state index contributed by atoms with van der Waals surface area (Å²) in [6.45, 7) is 4.41. The molecule has 0 bridgehead atoms. The fourth-order valence-corrected chi connectivity index (χ4v) is 2.51. The number of anilines is 1. The van der Waals surface area contributed by atoms with Crippen LogP contribution in [0.1, 0.15) is 28.7 Å². The summed E-state index contributed by atoms with van der Waals surface area (Å²) in [5.41, 5.74) is 8.20. The number of hydrogen-bond acceptors (Lipinski definition) is 3. The molecular weight excluding hydrogens is 352 g/mol. The number of aromatic nitrogens is 2. The maximum atomic E-state index is 12.4. The van der Waals surface area contributed by atoms with Crippen molar-refractivity contribution < 1.29 is 4.79 Å². The van der Waals surface area contributed by atoms with Gasteiger partial charge in [-0.05, 0) is 38.1 Å². The lowest BCUT2D eigenvalue weighted by atomic mass is 10.1. The normalized spacial score (nSPS) is 10.4. The maximum absolute atomic E-state index is 12.4. The molecule has 7 heteroatoms. The Bertz CT molecular complexity index is 711. The first-order valence-corrected chi connectivity index (χ1v) is 7.57. The van der Waals surface area contributed by atoms with Gasteiger partial charge in [-0.3, -0.25) is 9.48 Å². The monoisotopic (exact) mass is 366 g/mol. The topological polar surface area (TPSA) is 72.9 Å². The van der Waals surface area contributed by atoms with Crippen LogP contribution in [0, 0.1) is 6.92 Å². The summed E-state index contributed by atoms with van der Waals surface area (Å²) in [6, 6.07) is 7.11. The third-order valence-electron chi connectivity index (χ3n) is 2.93. The van der Waals surface area contributed by atoms with Crippen molar-refractivity contribution in [1.29, 1.82) is 0 Å². The molecule has 2 rings (SSSR count). The Hall–Kier alpha value is -1.73. The van der Waals surface area contributed by atoms with E-state index in [4.69, 9.17) is 18.0 Å². The number of aryl methyl sites for hydroxylation is 2. The highest BCUT2D eigenvalue weighted by atomic mass is 79.9.